The number of hydrogen-bond acceptors (Lipinski definition) is 4. The van der Waals surface area contributed by atoms with E-state index in [4.69, 9.17) is 5.73 Å². The molecule has 4 heteroatoms. The Labute approximate surface area is 126 Å². The summed E-state index contributed by atoms with van der Waals surface area (Å²) in [6.07, 6.45) is 0. The van der Waals surface area contributed by atoms with Gasteiger partial charge in [0.1, 0.15) is 17.5 Å². The lowest BCUT2D eigenvalue weighted by molar-refractivity contribution is 0.777. The van der Waals surface area contributed by atoms with E-state index >= 15 is 0 Å². The summed E-state index contributed by atoms with van der Waals surface area (Å²) in [5.74, 6) is 2.87. The number of nitrogen functional groups attached to an aromatic ring is 1. The topological polar surface area (TPSA) is 63.8 Å². The Balaban J connectivity index is 2.05. The molecule has 0 aliphatic rings. The van der Waals surface area contributed by atoms with Crippen LogP contribution in [0, 0.1) is 0 Å². The average molecular weight is 284 g/mol. The Bertz CT molecular complexity index is 588. The molecule has 0 fully saturated rings. The SMILES string of the molecule is CC(C)c1ccc(CNc2cc(N)nc(C(C)C)n2)cc1. The van der Waals surface area contributed by atoms with Crippen LogP contribution >= 0.6 is 0 Å². The van der Waals surface area contributed by atoms with Crippen LogP contribution in [0.3, 0.4) is 0 Å². The number of benzene rings is 1. The van der Waals surface area contributed by atoms with Crippen molar-refractivity contribution in [1.82, 2.24) is 9.97 Å². The number of nitrogens with two attached hydrogens (primary N) is 1. The predicted octanol–water partition coefficient (Wildman–Crippen LogP) is 3.92. The van der Waals surface area contributed by atoms with Crippen LogP contribution in [0.1, 0.15) is 56.5 Å². The van der Waals surface area contributed by atoms with Gasteiger partial charge in [-0.25, -0.2) is 9.97 Å². The van der Waals surface area contributed by atoms with Crippen molar-refractivity contribution in [1.29, 1.82) is 0 Å². The molecule has 4 nitrogen and oxygen atoms in total. The van der Waals surface area contributed by atoms with Gasteiger partial charge in [0.05, 0.1) is 0 Å². The minimum absolute atomic E-state index is 0.263. The van der Waals surface area contributed by atoms with Crippen LogP contribution in [0.15, 0.2) is 30.3 Å². The standard InChI is InChI=1S/C17H24N4/c1-11(2)14-7-5-13(6-8-14)10-19-16-9-15(18)20-17(21-16)12(3)4/h5-9,11-12H,10H2,1-4H3,(H3,18,19,20,21). The third-order valence-corrected chi connectivity index (χ3v) is 3.40. The molecule has 0 unspecified atom stereocenters. The predicted molar refractivity (Wildman–Crippen MR) is 88.4 cm³/mol. The van der Waals surface area contributed by atoms with Crippen LogP contribution in [0.5, 0.6) is 0 Å². The van der Waals surface area contributed by atoms with Gasteiger partial charge in [0.15, 0.2) is 0 Å². The lowest BCUT2D eigenvalue weighted by atomic mass is 10.0. The highest BCUT2D eigenvalue weighted by atomic mass is 15.0. The van der Waals surface area contributed by atoms with Gasteiger partial charge in [-0.15, -0.1) is 0 Å². The molecular weight excluding hydrogens is 260 g/mol. The summed E-state index contributed by atoms with van der Waals surface area (Å²) in [7, 11) is 0. The van der Waals surface area contributed by atoms with Crippen molar-refractivity contribution in [2.45, 2.75) is 46.1 Å². The highest BCUT2D eigenvalue weighted by Gasteiger charge is 2.06. The summed E-state index contributed by atoms with van der Waals surface area (Å²) in [4.78, 5) is 8.74. The number of aromatic nitrogens is 2. The van der Waals surface area contributed by atoms with E-state index in [-0.39, 0.29) is 5.92 Å². The first-order chi connectivity index (χ1) is 9.95. The minimum Gasteiger partial charge on any atom is -0.384 e. The van der Waals surface area contributed by atoms with Gasteiger partial charge in [-0.05, 0) is 17.0 Å². The van der Waals surface area contributed by atoms with Gasteiger partial charge in [-0.3, -0.25) is 0 Å². The van der Waals surface area contributed by atoms with E-state index in [1.165, 1.54) is 11.1 Å². The van der Waals surface area contributed by atoms with Crippen molar-refractivity contribution in [2.24, 2.45) is 0 Å². The van der Waals surface area contributed by atoms with Gasteiger partial charge < -0.3 is 11.1 Å². The Morgan fingerprint density at radius 1 is 1.00 bits per heavy atom. The maximum absolute atomic E-state index is 5.83. The lowest BCUT2D eigenvalue weighted by Crippen LogP contribution is -2.07. The van der Waals surface area contributed by atoms with Crippen molar-refractivity contribution >= 4 is 11.6 Å². The molecule has 0 saturated carbocycles. The highest BCUT2D eigenvalue weighted by molar-refractivity contribution is 5.45. The molecule has 0 spiro atoms. The second-order valence-electron chi connectivity index (χ2n) is 5.94. The molecule has 2 rings (SSSR count). The van der Waals surface area contributed by atoms with Gasteiger partial charge in [-0.2, -0.15) is 0 Å². The molecule has 2 aromatic rings. The second-order valence-corrected chi connectivity index (χ2v) is 5.94. The average Bonchev–Trinajstić information content (AvgIpc) is 2.45. The third-order valence-electron chi connectivity index (χ3n) is 3.40. The monoisotopic (exact) mass is 284 g/mol. The Kier molecular flexibility index (Phi) is 4.78. The Morgan fingerprint density at radius 2 is 1.67 bits per heavy atom. The summed E-state index contributed by atoms with van der Waals surface area (Å²) < 4.78 is 0. The van der Waals surface area contributed by atoms with Gasteiger partial charge in [0, 0.05) is 18.5 Å². The fourth-order valence-corrected chi connectivity index (χ4v) is 2.05. The molecule has 1 aromatic carbocycles. The summed E-state index contributed by atoms with van der Waals surface area (Å²) in [6, 6.07) is 10.4. The molecule has 112 valence electrons. The van der Waals surface area contributed by atoms with Crippen molar-refractivity contribution in [2.75, 3.05) is 11.1 Å². The first-order valence-corrected chi connectivity index (χ1v) is 7.43. The normalized spacial score (nSPS) is 11.1. The first-order valence-electron chi connectivity index (χ1n) is 7.43. The number of nitrogens with one attached hydrogen (secondary N) is 1. The largest absolute Gasteiger partial charge is 0.384 e. The van der Waals surface area contributed by atoms with Gasteiger partial charge >= 0.3 is 0 Å². The highest BCUT2D eigenvalue weighted by Crippen LogP contribution is 2.17. The molecule has 0 radical (unpaired) electrons. The van der Waals surface area contributed by atoms with E-state index < -0.39 is 0 Å². The fraction of sp³-hybridized carbons (Fsp3) is 0.412. The molecule has 1 heterocycles. The van der Waals surface area contributed by atoms with E-state index in [2.05, 4.69) is 67.2 Å². The lowest BCUT2D eigenvalue weighted by Gasteiger charge is -2.11. The molecule has 0 atom stereocenters. The maximum atomic E-state index is 5.83. The fourth-order valence-electron chi connectivity index (χ4n) is 2.05. The van der Waals surface area contributed by atoms with E-state index in [0.717, 1.165) is 18.2 Å². The molecule has 0 saturated heterocycles. The first kappa shape index (κ1) is 15.3. The van der Waals surface area contributed by atoms with Gasteiger partial charge in [0.25, 0.3) is 0 Å². The molecule has 0 aliphatic carbocycles. The maximum Gasteiger partial charge on any atom is 0.135 e. The van der Waals surface area contributed by atoms with Gasteiger partial charge in [-0.1, -0.05) is 52.0 Å². The summed E-state index contributed by atoms with van der Waals surface area (Å²) in [6.45, 7) is 9.24. The zero-order valence-corrected chi connectivity index (χ0v) is 13.2. The number of hydrogen-bond donors (Lipinski definition) is 2. The summed E-state index contributed by atoms with van der Waals surface area (Å²) in [5.41, 5.74) is 8.41. The van der Waals surface area contributed by atoms with Crippen LogP contribution in [-0.4, -0.2) is 9.97 Å². The zero-order valence-electron chi connectivity index (χ0n) is 13.2. The molecule has 1 aromatic heterocycles. The van der Waals surface area contributed by atoms with Crippen molar-refractivity contribution in [3.63, 3.8) is 0 Å². The summed E-state index contributed by atoms with van der Waals surface area (Å²) in [5, 5.41) is 3.31. The van der Waals surface area contributed by atoms with Crippen LogP contribution in [0.4, 0.5) is 11.6 Å². The molecule has 3 N–H and O–H groups in total. The molecular formula is C17H24N4. The van der Waals surface area contributed by atoms with Crippen molar-refractivity contribution in [3.8, 4) is 0 Å². The van der Waals surface area contributed by atoms with Crippen LogP contribution < -0.4 is 11.1 Å². The van der Waals surface area contributed by atoms with Crippen LogP contribution in [0.25, 0.3) is 0 Å². The molecule has 0 bridgehead atoms. The molecule has 0 aliphatic heterocycles. The van der Waals surface area contributed by atoms with Crippen LogP contribution in [0.2, 0.25) is 0 Å². The quantitative estimate of drug-likeness (QED) is 0.873. The number of anilines is 2. The van der Waals surface area contributed by atoms with E-state index in [1.807, 2.05) is 0 Å². The smallest absolute Gasteiger partial charge is 0.135 e. The van der Waals surface area contributed by atoms with E-state index in [9.17, 15) is 0 Å². The van der Waals surface area contributed by atoms with Gasteiger partial charge in [0.2, 0.25) is 0 Å². The number of nitrogens with zero attached hydrogens (tertiary/aromatic N) is 2. The van der Waals surface area contributed by atoms with E-state index in [1.54, 1.807) is 6.07 Å². The van der Waals surface area contributed by atoms with Crippen LogP contribution in [-0.2, 0) is 6.54 Å². The Morgan fingerprint density at radius 3 is 2.24 bits per heavy atom. The Hall–Kier alpha value is -2.10. The molecule has 0 amide bonds. The second kappa shape index (κ2) is 6.57. The zero-order chi connectivity index (χ0) is 15.4. The third kappa shape index (κ3) is 4.18. The van der Waals surface area contributed by atoms with Crippen molar-refractivity contribution in [3.05, 3.63) is 47.3 Å². The summed E-state index contributed by atoms with van der Waals surface area (Å²) >= 11 is 0. The molecule has 21 heavy (non-hydrogen) atoms. The van der Waals surface area contributed by atoms with E-state index in [0.29, 0.717) is 11.7 Å². The number of rotatable bonds is 5. The minimum atomic E-state index is 0.263. The van der Waals surface area contributed by atoms with Crippen molar-refractivity contribution < 1.29 is 0 Å².